The lowest BCUT2D eigenvalue weighted by molar-refractivity contribution is 0.0403. The highest BCUT2D eigenvalue weighted by molar-refractivity contribution is 5.98. The third kappa shape index (κ3) is 3.96. The molecule has 2 unspecified atom stereocenters. The first-order valence-corrected chi connectivity index (χ1v) is 10.7. The molecule has 2 aromatic rings. The molecule has 1 aromatic carbocycles. The average Bonchev–Trinajstić information content (AvgIpc) is 3.14. The minimum atomic E-state index is 0.138. The summed E-state index contributed by atoms with van der Waals surface area (Å²) in [5.74, 6) is 0.751. The maximum absolute atomic E-state index is 13.1. The van der Waals surface area contributed by atoms with Gasteiger partial charge in [0.15, 0.2) is 0 Å². The van der Waals surface area contributed by atoms with Crippen LogP contribution < -0.4 is 0 Å². The molecule has 2 fully saturated rings. The van der Waals surface area contributed by atoms with Gasteiger partial charge in [0.05, 0.1) is 6.61 Å². The van der Waals surface area contributed by atoms with Gasteiger partial charge in [0.25, 0.3) is 5.91 Å². The predicted octanol–water partition coefficient (Wildman–Crippen LogP) is 3.62. The van der Waals surface area contributed by atoms with Crippen molar-refractivity contribution in [3.8, 4) is 0 Å². The SMILES string of the molecule is COCCn1ccc2cc(C(=O)N(C)CC3CCCN4CCCCC34)ccc21. The zero-order valence-corrected chi connectivity index (χ0v) is 17.3. The van der Waals surface area contributed by atoms with E-state index in [9.17, 15) is 4.79 Å². The molecule has 5 heteroatoms. The fourth-order valence-electron chi connectivity index (χ4n) is 5.16. The van der Waals surface area contributed by atoms with Crippen molar-refractivity contribution >= 4 is 16.8 Å². The highest BCUT2D eigenvalue weighted by Crippen LogP contribution is 2.31. The van der Waals surface area contributed by atoms with E-state index in [2.05, 4.69) is 27.8 Å². The lowest BCUT2D eigenvalue weighted by Crippen LogP contribution is -2.51. The van der Waals surface area contributed by atoms with Gasteiger partial charge < -0.3 is 19.1 Å². The van der Waals surface area contributed by atoms with Gasteiger partial charge in [0, 0.05) is 56.0 Å². The molecule has 2 atom stereocenters. The Bertz CT molecular complexity index is 813. The number of fused-ring (bicyclic) bond motifs is 2. The van der Waals surface area contributed by atoms with E-state index in [4.69, 9.17) is 4.74 Å². The molecule has 5 nitrogen and oxygen atoms in total. The van der Waals surface area contributed by atoms with Crippen LogP contribution in [-0.2, 0) is 11.3 Å². The normalized spacial score (nSPS) is 22.9. The Morgan fingerprint density at radius 3 is 2.89 bits per heavy atom. The number of aromatic nitrogens is 1. The van der Waals surface area contributed by atoms with Gasteiger partial charge in [-0.3, -0.25) is 4.79 Å². The average molecular weight is 384 g/mol. The van der Waals surface area contributed by atoms with E-state index in [1.807, 2.05) is 24.1 Å². The maximum atomic E-state index is 13.1. The van der Waals surface area contributed by atoms with Crippen LogP contribution in [-0.4, -0.2) is 66.7 Å². The largest absolute Gasteiger partial charge is 0.383 e. The number of hydrogen-bond donors (Lipinski definition) is 0. The van der Waals surface area contributed by atoms with Crippen molar-refractivity contribution < 1.29 is 9.53 Å². The molecule has 0 N–H and O–H groups in total. The van der Waals surface area contributed by atoms with Gasteiger partial charge in [-0.15, -0.1) is 0 Å². The molecule has 28 heavy (non-hydrogen) atoms. The van der Waals surface area contributed by atoms with Crippen molar-refractivity contribution in [3.05, 3.63) is 36.0 Å². The molecule has 0 radical (unpaired) electrons. The first kappa shape index (κ1) is 19.5. The number of rotatable bonds is 6. The number of methoxy groups -OCH3 is 1. The Kier molecular flexibility index (Phi) is 6.02. The van der Waals surface area contributed by atoms with E-state index in [-0.39, 0.29) is 5.91 Å². The second-order valence-corrected chi connectivity index (χ2v) is 8.46. The van der Waals surface area contributed by atoms with Gasteiger partial charge in [-0.2, -0.15) is 0 Å². The van der Waals surface area contributed by atoms with Crippen LogP contribution in [0.3, 0.4) is 0 Å². The number of nitrogens with zero attached hydrogens (tertiary/aromatic N) is 3. The van der Waals surface area contributed by atoms with Crippen LogP contribution >= 0.6 is 0 Å². The summed E-state index contributed by atoms with van der Waals surface area (Å²) in [5.41, 5.74) is 1.94. The summed E-state index contributed by atoms with van der Waals surface area (Å²) in [6, 6.07) is 8.83. The highest BCUT2D eigenvalue weighted by Gasteiger charge is 2.34. The monoisotopic (exact) mass is 383 g/mol. The fraction of sp³-hybridized carbons (Fsp3) is 0.609. The summed E-state index contributed by atoms with van der Waals surface area (Å²) in [6.07, 6.45) is 8.56. The van der Waals surface area contributed by atoms with Crippen molar-refractivity contribution in [2.75, 3.05) is 40.4 Å². The van der Waals surface area contributed by atoms with E-state index in [1.54, 1.807) is 7.11 Å². The molecule has 3 heterocycles. The van der Waals surface area contributed by atoms with Crippen molar-refractivity contribution in [2.24, 2.45) is 5.92 Å². The minimum Gasteiger partial charge on any atom is -0.383 e. The van der Waals surface area contributed by atoms with E-state index >= 15 is 0 Å². The summed E-state index contributed by atoms with van der Waals surface area (Å²) < 4.78 is 7.36. The number of hydrogen-bond acceptors (Lipinski definition) is 3. The van der Waals surface area contributed by atoms with Gasteiger partial charge in [-0.1, -0.05) is 6.42 Å². The summed E-state index contributed by atoms with van der Waals surface area (Å²) in [6.45, 7) is 4.87. The molecule has 0 bridgehead atoms. The van der Waals surface area contributed by atoms with Crippen molar-refractivity contribution in [1.29, 1.82) is 0 Å². The van der Waals surface area contributed by atoms with Gasteiger partial charge >= 0.3 is 0 Å². The number of carbonyl (C=O) groups excluding carboxylic acids is 1. The van der Waals surface area contributed by atoms with Crippen LogP contribution in [0.15, 0.2) is 30.5 Å². The second-order valence-electron chi connectivity index (χ2n) is 8.46. The van der Waals surface area contributed by atoms with Crippen LogP contribution in [0.4, 0.5) is 0 Å². The van der Waals surface area contributed by atoms with E-state index in [0.29, 0.717) is 18.6 Å². The first-order chi connectivity index (χ1) is 13.7. The number of benzene rings is 1. The fourth-order valence-corrected chi connectivity index (χ4v) is 5.16. The molecular weight excluding hydrogens is 350 g/mol. The van der Waals surface area contributed by atoms with Crippen molar-refractivity contribution in [1.82, 2.24) is 14.4 Å². The molecular formula is C23H33N3O2. The Morgan fingerprint density at radius 2 is 2.04 bits per heavy atom. The van der Waals surface area contributed by atoms with Crippen LogP contribution in [0.5, 0.6) is 0 Å². The summed E-state index contributed by atoms with van der Waals surface area (Å²) in [4.78, 5) is 17.7. The standard InChI is InChI=1S/C23H33N3O2/c1-24(17-20-6-5-12-25-11-4-3-7-21(20)25)23(27)19-8-9-22-18(16-19)10-13-26(22)14-15-28-2/h8-10,13,16,20-21H,3-7,11-12,14-15,17H2,1-2H3. The number of piperidine rings is 2. The number of ether oxygens (including phenoxy) is 1. The molecule has 0 aliphatic carbocycles. The summed E-state index contributed by atoms with van der Waals surface area (Å²) in [5, 5.41) is 1.12. The Morgan fingerprint density at radius 1 is 1.18 bits per heavy atom. The summed E-state index contributed by atoms with van der Waals surface area (Å²) >= 11 is 0. The maximum Gasteiger partial charge on any atom is 0.253 e. The molecule has 0 saturated carbocycles. The zero-order valence-electron chi connectivity index (χ0n) is 17.3. The molecule has 152 valence electrons. The Labute approximate surface area is 168 Å². The molecule has 2 saturated heterocycles. The lowest BCUT2D eigenvalue weighted by atomic mass is 9.83. The third-order valence-corrected chi connectivity index (χ3v) is 6.64. The minimum absolute atomic E-state index is 0.138. The third-order valence-electron chi connectivity index (χ3n) is 6.64. The molecule has 4 rings (SSSR count). The lowest BCUT2D eigenvalue weighted by Gasteiger charge is -2.45. The van der Waals surface area contributed by atoms with Crippen LogP contribution in [0.1, 0.15) is 42.5 Å². The molecule has 1 aromatic heterocycles. The Balaban J connectivity index is 1.44. The molecule has 0 spiro atoms. The first-order valence-electron chi connectivity index (χ1n) is 10.7. The quantitative estimate of drug-likeness (QED) is 0.765. The van der Waals surface area contributed by atoms with E-state index in [1.165, 1.54) is 45.2 Å². The van der Waals surface area contributed by atoms with Crippen molar-refractivity contribution in [3.63, 3.8) is 0 Å². The Hall–Kier alpha value is -1.85. The smallest absolute Gasteiger partial charge is 0.253 e. The predicted molar refractivity (Wildman–Crippen MR) is 113 cm³/mol. The van der Waals surface area contributed by atoms with E-state index < -0.39 is 0 Å². The van der Waals surface area contributed by atoms with Gasteiger partial charge in [-0.05, 0) is 69.0 Å². The second kappa shape index (κ2) is 8.66. The van der Waals surface area contributed by atoms with Gasteiger partial charge in [0.2, 0.25) is 0 Å². The van der Waals surface area contributed by atoms with Crippen LogP contribution in [0.2, 0.25) is 0 Å². The van der Waals surface area contributed by atoms with E-state index in [0.717, 1.165) is 29.6 Å². The molecule has 2 aliphatic rings. The highest BCUT2D eigenvalue weighted by atomic mass is 16.5. The number of carbonyl (C=O) groups is 1. The topological polar surface area (TPSA) is 37.7 Å². The zero-order chi connectivity index (χ0) is 19.5. The van der Waals surface area contributed by atoms with Crippen LogP contribution in [0.25, 0.3) is 10.9 Å². The number of amides is 1. The van der Waals surface area contributed by atoms with Gasteiger partial charge in [-0.25, -0.2) is 0 Å². The van der Waals surface area contributed by atoms with Crippen LogP contribution in [0, 0.1) is 5.92 Å². The van der Waals surface area contributed by atoms with Crippen molar-refractivity contribution in [2.45, 2.75) is 44.7 Å². The molecule has 1 amide bonds. The summed E-state index contributed by atoms with van der Waals surface area (Å²) in [7, 11) is 3.69. The molecule has 2 aliphatic heterocycles. The van der Waals surface area contributed by atoms with Gasteiger partial charge in [0.1, 0.15) is 0 Å².